The molecule has 1 aliphatic carbocycles. The molecule has 0 bridgehead atoms. The molecule has 0 saturated heterocycles. The maximum atomic E-state index is 15.8. The summed E-state index contributed by atoms with van der Waals surface area (Å²) in [4.78, 5) is 36.7. The lowest BCUT2D eigenvalue weighted by molar-refractivity contribution is 0.0937. The summed E-state index contributed by atoms with van der Waals surface area (Å²) in [7, 11) is 0. The van der Waals surface area contributed by atoms with Crippen LogP contribution in [0.3, 0.4) is 0 Å². The summed E-state index contributed by atoms with van der Waals surface area (Å²) < 4.78 is 15.8. The first kappa shape index (κ1) is 19.2. The average Bonchev–Trinajstić information content (AvgIpc) is 3.15. The van der Waals surface area contributed by atoms with Gasteiger partial charge in [0, 0.05) is 43.4 Å². The van der Waals surface area contributed by atoms with Crippen LogP contribution in [0.4, 0.5) is 15.9 Å². The van der Waals surface area contributed by atoms with Gasteiger partial charge in [0.15, 0.2) is 11.6 Å². The highest BCUT2D eigenvalue weighted by molar-refractivity contribution is 6.30. The van der Waals surface area contributed by atoms with Gasteiger partial charge in [0.25, 0.3) is 11.8 Å². The predicted molar refractivity (Wildman–Crippen MR) is 116 cm³/mol. The minimum atomic E-state index is -0.541. The number of anilines is 2. The molecule has 10 heteroatoms. The highest BCUT2D eigenvalue weighted by atomic mass is 35.5. The molecule has 0 saturated carbocycles. The van der Waals surface area contributed by atoms with Crippen molar-refractivity contribution in [2.24, 2.45) is 0 Å². The second kappa shape index (κ2) is 7.03. The lowest BCUT2D eigenvalue weighted by atomic mass is 9.88. The van der Waals surface area contributed by atoms with E-state index in [-0.39, 0.29) is 22.8 Å². The third kappa shape index (κ3) is 2.81. The molecule has 4 N–H and O–H groups in total. The number of H-pyrrole nitrogens is 1. The SMILES string of the molecule is O=C1NCCc2nc(Cl)cc(Nc3ncc4c(c3F)-c3[nH]c5c(c3CC4)C(=O)NCC5)c21. The molecule has 5 heterocycles. The van der Waals surface area contributed by atoms with E-state index >= 15 is 4.39 Å². The Morgan fingerprint density at radius 2 is 1.78 bits per heavy atom. The first-order valence-electron chi connectivity index (χ1n) is 10.5. The minimum absolute atomic E-state index is 0.0172. The number of pyridine rings is 2. The molecule has 8 nitrogen and oxygen atoms in total. The van der Waals surface area contributed by atoms with Crippen LogP contribution in [0, 0.1) is 5.82 Å². The van der Waals surface area contributed by atoms with Crippen molar-refractivity contribution in [1.29, 1.82) is 0 Å². The number of halogens is 2. The Bertz CT molecular complexity index is 1330. The fraction of sp³-hybridized carbons (Fsp3) is 0.273. The Kier molecular flexibility index (Phi) is 4.23. The van der Waals surface area contributed by atoms with Crippen LogP contribution in [-0.2, 0) is 25.7 Å². The number of nitrogens with zero attached hydrogens (tertiary/aromatic N) is 2. The number of aromatic nitrogens is 3. The van der Waals surface area contributed by atoms with Crippen molar-refractivity contribution in [2.75, 3.05) is 18.4 Å². The Balaban J connectivity index is 1.47. The first-order valence-corrected chi connectivity index (χ1v) is 10.8. The van der Waals surface area contributed by atoms with Gasteiger partial charge in [0.2, 0.25) is 0 Å². The van der Waals surface area contributed by atoms with Gasteiger partial charge in [-0.05, 0) is 30.0 Å². The van der Waals surface area contributed by atoms with Gasteiger partial charge in [-0.15, -0.1) is 0 Å². The van der Waals surface area contributed by atoms with Crippen LogP contribution < -0.4 is 16.0 Å². The molecule has 3 aliphatic rings. The quantitative estimate of drug-likeness (QED) is 0.447. The molecule has 6 rings (SSSR count). The molecule has 0 radical (unpaired) electrons. The summed E-state index contributed by atoms with van der Waals surface area (Å²) >= 11 is 6.15. The molecule has 32 heavy (non-hydrogen) atoms. The maximum Gasteiger partial charge on any atom is 0.255 e. The van der Waals surface area contributed by atoms with Crippen LogP contribution in [0.5, 0.6) is 0 Å². The molecule has 2 amide bonds. The summed E-state index contributed by atoms with van der Waals surface area (Å²) in [5, 5.41) is 8.81. The third-order valence-electron chi connectivity index (χ3n) is 6.25. The van der Waals surface area contributed by atoms with Gasteiger partial charge >= 0.3 is 0 Å². The van der Waals surface area contributed by atoms with E-state index in [1.807, 2.05) is 0 Å². The Labute approximate surface area is 187 Å². The fourth-order valence-electron chi connectivity index (χ4n) is 4.85. The predicted octanol–water partition coefficient (Wildman–Crippen LogP) is 2.68. The number of amides is 2. The van der Waals surface area contributed by atoms with Crippen molar-refractivity contribution in [2.45, 2.75) is 25.7 Å². The minimum Gasteiger partial charge on any atom is -0.357 e. The molecular weight excluding hydrogens is 435 g/mol. The second-order valence-electron chi connectivity index (χ2n) is 8.10. The zero-order valence-corrected chi connectivity index (χ0v) is 17.6. The molecule has 0 aromatic carbocycles. The summed E-state index contributed by atoms with van der Waals surface area (Å²) in [5.74, 6) is -0.970. The lowest BCUT2D eigenvalue weighted by Crippen LogP contribution is -2.33. The molecule has 0 spiro atoms. The smallest absolute Gasteiger partial charge is 0.255 e. The van der Waals surface area contributed by atoms with Crippen molar-refractivity contribution in [3.8, 4) is 11.3 Å². The van der Waals surface area contributed by atoms with Crippen LogP contribution in [0.25, 0.3) is 11.3 Å². The van der Waals surface area contributed by atoms with Crippen molar-refractivity contribution in [3.05, 3.63) is 56.9 Å². The Morgan fingerprint density at radius 1 is 1.00 bits per heavy atom. The molecule has 162 valence electrons. The summed E-state index contributed by atoms with van der Waals surface area (Å²) in [6.07, 6.45) is 4.08. The highest BCUT2D eigenvalue weighted by Gasteiger charge is 2.32. The van der Waals surface area contributed by atoms with E-state index < -0.39 is 5.82 Å². The Morgan fingerprint density at radius 3 is 2.62 bits per heavy atom. The summed E-state index contributed by atoms with van der Waals surface area (Å²) in [6, 6.07) is 1.50. The first-order chi connectivity index (χ1) is 15.5. The van der Waals surface area contributed by atoms with Crippen LogP contribution in [0.1, 0.15) is 43.2 Å². The zero-order valence-electron chi connectivity index (χ0n) is 16.9. The number of fused-ring (bicyclic) bond motifs is 6. The molecule has 2 aliphatic heterocycles. The molecule has 0 unspecified atom stereocenters. The standard InChI is InChI=1S/C22H18ClFN6O2/c23-14-7-13(17-12(28-14)4-6-26-22(17)32)30-20-18(24)15-9(8-27-20)1-2-10-16-11(29-19(10)15)3-5-25-21(16)31/h7-8,29H,1-6H2,(H,25,31)(H,26,32)(H,27,28,30). The van der Waals surface area contributed by atoms with Crippen LogP contribution in [0.15, 0.2) is 12.3 Å². The van der Waals surface area contributed by atoms with E-state index in [0.717, 1.165) is 16.8 Å². The largest absolute Gasteiger partial charge is 0.357 e. The van der Waals surface area contributed by atoms with E-state index in [1.54, 1.807) is 6.20 Å². The second-order valence-corrected chi connectivity index (χ2v) is 8.49. The van der Waals surface area contributed by atoms with E-state index in [2.05, 4.69) is 30.9 Å². The zero-order chi connectivity index (χ0) is 22.0. The van der Waals surface area contributed by atoms with Crippen LogP contribution >= 0.6 is 11.6 Å². The molecular formula is C22H18ClFN6O2. The summed E-state index contributed by atoms with van der Waals surface area (Å²) in [6.45, 7) is 1.03. The van der Waals surface area contributed by atoms with Crippen molar-refractivity contribution in [1.82, 2.24) is 25.6 Å². The van der Waals surface area contributed by atoms with Crippen molar-refractivity contribution in [3.63, 3.8) is 0 Å². The molecule has 3 aromatic rings. The summed E-state index contributed by atoms with van der Waals surface area (Å²) in [5.41, 5.74) is 5.37. The monoisotopic (exact) mass is 452 g/mol. The van der Waals surface area contributed by atoms with Gasteiger partial charge in [-0.2, -0.15) is 0 Å². The lowest BCUT2D eigenvalue weighted by Gasteiger charge is -2.22. The fourth-order valence-corrected chi connectivity index (χ4v) is 5.06. The number of nitrogens with one attached hydrogen (secondary N) is 4. The number of carbonyl (C=O) groups is 2. The van der Waals surface area contributed by atoms with Gasteiger partial charge in [0.05, 0.1) is 28.2 Å². The number of carbonyl (C=O) groups excluding carboxylic acids is 2. The number of aryl methyl sites for hydroxylation is 1. The van der Waals surface area contributed by atoms with E-state index in [0.29, 0.717) is 72.5 Å². The van der Waals surface area contributed by atoms with Crippen LogP contribution in [-0.4, -0.2) is 39.9 Å². The molecule has 0 fully saturated rings. The topological polar surface area (TPSA) is 112 Å². The molecule has 3 aromatic heterocycles. The van der Waals surface area contributed by atoms with Gasteiger partial charge in [-0.25, -0.2) is 14.4 Å². The third-order valence-corrected chi connectivity index (χ3v) is 6.45. The Hall–Kier alpha value is -3.46. The number of rotatable bonds is 2. The van der Waals surface area contributed by atoms with Gasteiger partial charge < -0.3 is 20.9 Å². The van der Waals surface area contributed by atoms with Crippen LogP contribution in [0.2, 0.25) is 5.15 Å². The molecule has 0 atom stereocenters. The average molecular weight is 453 g/mol. The van der Waals surface area contributed by atoms with E-state index in [4.69, 9.17) is 11.6 Å². The van der Waals surface area contributed by atoms with Gasteiger partial charge in [-0.3, -0.25) is 9.59 Å². The normalized spacial score (nSPS) is 16.3. The number of aromatic amines is 1. The van der Waals surface area contributed by atoms with Crippen molar-refractivity contribution >= 4 is 34.9 Å². The van der Waals surface area contributed by atoms with Gasteiger partial charge in [0.1, 0.15) is 5.15 Å². The van der Waals surface area contributed by atoms with Crippen molar-refractivity contribution < 1.29 is 14.0 Å². The van der Waals surface area contributed by atoms with Gasteiger partial charge in [-0.1, -0.05) is 11.6 Å². The maximum absolute atomic E-state index is 15.8. The number of hydrogen-bond donors (Lipinski definition) is 4. The van der Waals surface area contributed by atoms with E-state index in [1.165, 1.54) is 6.07 Å². The number of hydrogen-bond acceptors (Lipinski definition) is 5. The highest BCUT2D eigenvalue weighted by Crippen LogP contribution is 2.40. The van der Waals surface area contributed by atoms with E-state index in [9.17, 15) is 9.59 Å².